The van der Waals surface area contributed by atoms with Gasteiger partial charge in [-0.2, -0.15) is 5.26 Å². The molecule has 1 aliphatic heterocycles. The lowest BCUT2D eigenvalue weighted by Crippen LogP contribution is -2.30. The van der Waals surface area contributed by atoms with Crippen LogP contribution < -0.4 is 4.72 Å². The highest BCUT2D eigenvalue weighted by Gasteiger charge is 2.24. The smallest absolute Gasteiger partial charge is 0.241 e. The second kappa shape index (κ2) is 6.43. The van der Waals surface area contributed by atoms with Crippen LogP contribution in [-0.4, -0.2) is 33.0 Å². The summed E-state index contributed by atoms with van der Waals surface area (Å²) >= 11 is 6.52. The molecule has 1 fully saturated rings. The van der Waals surface area contributed by atoms with Gasteiger partial charge in [0.1, 0.15) is 0 Å². The third-order valence-electron chi connectivity index (χ3n) is 3.17. The maximum Gasteiger partial charge on any atom is 0.241 e. The van der Waals surface area contributed by atoms with Gasteiger partial charge in [0.2, 0.25) is 10.0 Å². The van der Waals surface area contributed by atoms with Crippen molar-refractivity contribution in [2.75, 3.05) is 19.6 Å². The summed E-state index contributed by atoms with van der Waals surface area (Å²) in [6, 6.07) is 5.01. The van der Waals surface area contributed by atoms with E-state index in [4.69, 9.17) is 5.26 Å². The van der Waals surface area contributed by atoms with Gasteiger partial charge in [-0.25, -0.2) is 13.1 Å². The molecule has 2 rings (SSSR count). The van der Waals surface area contributed by atoms with E-state index < -0.39 is 10.0 Å². The fourth-order valence-electron chi connectivity index (χ4n) is 2.08. The Morgan fingerprint density at radius 1 is 1.45 bits per heavy atom. The number of nitrogens with one attached hydrogen (secondary N) is 1. The van der Waals surface area contributed by atoms with Gasteiger partial charge >= 0.3 is 0 Å². The Hall–Kier alpha value is -0.620. The molecule has 1 aromatic rings. The average Bonchev–Trinajstić information content (AvgIpc) is 2.87. The largest absolute Gasteiger partial charge is 0.310 e. The minimum atomic E-state index is -3.55. The second-order valence-corrected chi connectivity index (χ2v) is 8.13. The lowest BCUT2D eigenvalue weighted by molar-refractivity contribution is 0.450. The van der Waals surface area contributed by atoms with E-state index in [1.54, 1.807) is 23.1 Å². The molecule has 1 N–H and O–H groups in total. The quantitative estimate of drug-likeness (QED) is 0.755. The van der Waals surface area contributed by atoms with Crippen molar-refractivity contribution in [1.29, 1.82) is 5.26 Å². The second-order valence-electron chi connectivity index (χ2n) is 4.63. The van der Waals surface area contributed by atoms with Crippen molar-refractivity contribution < 1.29 is 8.42 Å². The number of halogens is 2. The van der Waals surface area contributed by atoms with Crippen molar-refractivity contribution >= 4 is 41.9 Å². The van der Waals surface area contributed by atoms with Gasteiger partial charge in [0.15, 0.2) is 6.19 Å². The molecule has 20 heavy (non-hydrogen) atoms. The van der Waals surface area contributed by atoms with E-state index in [0.717, 1.165) is 6.42 Å². The van der Waals surface area contributed by atoms with Gasteiger partial charge in [-0.15, -0.1) is 0 Å². The summed E-state index contributed by atoms with van der Waals surface area (Å²) in [4.78, 5) is 1.86. The van der Waals surface area contributed by atoms with E-state index in [-0.39, 0.29) is 10.8 Å². The first kappa shape index (κ1) is 15.8. The lowest BCUT2D eigenvalue weighted by Gasteiger charge is -2.12. The summed E-state index contributed by atoms with van der Waals surface area (Å²) in [5.41, 5.74) is 0. The highest BCUT2D eigenvalue weighted by molar-refractivity contribution is 9.11. The monoisotopic (exact) mass is 421 g/mol. The van der Waals surface area contributed by atoms with Crippen molar-refractivity contribution in [2.45, 2.75) is 11.3 Å². The van der Waals surface area contributed by atoms with Gasteiger partial charge in [-0.05, 0) is 46.5 Å². The zero-order chi connectivity index (χ0) is 14.8. The summed E-state index contributed by atoms with van der Waals surface area (Å²) < 4.78 is 28.4. The van der Waals surface area contributed by atoms with E-state index in [9.17, 15) is 8.42 Å². The predicted molar refractivity (Wildman–Crippen MR) is 82.3 cm³/mol. The summed E-state index contributed by atoms with van der Waals surface area (Å²) in [5, 5.41) is 8.78. The first-order valence-electron chi connectivity index (χ1n) is 6.02. The molecule has 0 aliphatic carbocycles. The number of rotatable bonds is 4. The molecule has 0 aromatic heterocycles. The third kappa shape index (κ3) is 3.73. The summed E-state index contributed by atoms with van der Waals surface area (Å²) in [7, 11) is -3.55. The number of nitrogens with zero attached hydrogens (tertiary/aromatic N) is 2. The van der Waals surface area contributed by atoms with Crippen LogP contribution in [0.25, 0.3) is 0 Å². The van der Waals surface area contributed by atoms with Gasteiger partial charge in [-0.1, -0.05) is 15.9 Å². The molecule has 1 atom stereocenters. The number of sulfonamides is 1. The minimum absolute atomic E-state index is 0.176. The molecular weight excluding hydrogens is 410 g/mol. The van der Waals surface area contributed by atoms with Crippen molar-refractivity contribution in [1.82, 2.24) is 9.62 Å². The fraction of sp³-hybridized carbons (Fsp3) is 0.417. The molecule has 1 unspecified atom stereocenters. The van der Waals surface area contributed by atoms with Crippen LogP contribution in [0.2, 0.25) is 0 Å². The van der Waals surface area contributed by atoms with Crippen molar-refractivity contribution in [3.8, 4) is 6.19 Å². The average molecular weight is 423 g/mol. The van der Waals surface area contributed by atoms with Crippen LogP contribution in [0.3, 0.4) is 0 Å². The highest BCUT2D eigenvalue weighted by atomic mass is 79.9. The van der Waals surface area contributed by atoms with Crippen LogP contribution >= 0.6 is 31.9 Å². The van der Waals surface area contributed by atoms with Crippen molar-refractivity contribution in [3.63, 3.8) is 0 Å². The van der Waals surface area contributed by atoms with E-state index in [2.05, 4.69) is 42.8 Å². The topological polar surface area (TPSA) is 73.2 Å². The lowest BCUT2D eigenvalue weighted by atomic mass is 10.1. The van der Waals surface area contributed by atoms with E-state index in [1.165, 1.54) is 0 Å². The zero-order valence-corrected chi connectivity index (χ0v) is 14.5. The molecule has 0 bridgehead atoms. The van der Waals surface area contributed by atoms with Gasteiger partial charge in [0.05, 0.1) is 4.90 Å². The fourth-order valence-corrected chi connectivity index (χ4v) is 4.69. The molecule has 0 saturated carbocycles. The zero-order valence-electron chi connectivity index (χ0n) is 10.5. The van der Waals surface area contributed by atoms with Crippen molar-refractivity contribution in [3.05, 3.63) is 27.1 Å². The highest BCUT2D eigenvalue weighted by Crippen LogP contribution is 2.26. The van der Waals surface area contributed by atoms with Gasteiger partial charge in [0.25, 0.3) is 0 Å². The molecule has 0 spiro atoms. The summed E-state index contributed by atoms with van der Waals surface area (Å²) in [6.07, 6.45) is 2.91. The van der Waals surface area contributed by atoms with E-state index in [0.29, 0.717) is 28.6 Å². The Kier molecular flexibility index (Phi) is 5.07. The van der Waals surface area contributed by atoms with Gasteiger partial charge in [0, 0.05) is 28.6 Å². The van der Waals surface area contributed by atoms with Crippen LogP contribution in [0.4, 0.5) is 0 Å². The normalized spacial score (nSPS) is 19.1. The minimum Gasteiger partial charge on any atom is -0.310 e. The molecule has 0 amide bonds. The molecule has 1 saturated heterocycles. The van der Waals surface area contributed by atoms with Crippen LogP contribution in [0.15, 0.2) is 32.0 Å². The van der Waals surface area contributed by atoms with Crippen LogP contribution in [0.1, 0.15) is 6.42 Å². The van der Waals surface area contributed by atoms with Crippen molar-refractivity contribution in [2.24, 2.45) is 5.92 Å². The molecule has 5 nitrogen and oxygen atoms in total. The molecule has 1 aromatic carbocycles. The molecule has 0 radical (unpaired) electrons. The Morgan fingerprint density at radius 2 is 2.20 bits per heavy atom. The number of nitriles is 1. The number of benzene rings is 1. The first-order valence-corrected chi connectivity index (χ1v) is 9.08. The molecule has 8 heteroatoms. The summed E-state index contributed by atoms with van der Waals surface area (Å²) in [6.45, 7) is 1.65. The van der Waals surface area contributed by atoms with E-state index >= 15 is 0 Å². The number of hydrogen-bond acceptors (Lipinski definition) is 4. The van der Waals surface area contributed by atoms with E-state index in [1.807, 2.05) is 0 Å². The number of hydrogen-bond donors (Lipinski definition) is 1. The Balaban J connectivity index is 2.05. The standard InChI is InChI=1S/C12H13Br2N3O2S/c13-10-1-2-11(14)12(5-10)20(18,19)16-6-9-3-4-17(7-9)8-15/h1-2,5,9,16H,3-4,6-7H2. The molecule has 1 aliphatic rings. The van der Waals surface area contributed by atoms with Crippen LogP contribution in [-0.2, 0) is 10.0 Å². The predicted octanol–water partition coefficient (Wildman–Crippen LogP) is 2.29. The van der Waals surface area contributed by atoms with Gasteiger partial charge in [-0.3, -0.25) is 0 Å². The molecule has 1 heterocycles. The molecule has 108 valence electrons. The number of likely N-dealkylation sites (tertiary alicyclic amines) is 1. The SMILES string of the molecule is N#CN1CCC(CNS(=O)(=O)c2cc(Br)ccc2Br)C1. The third-order valence-corrected chi connectivity index (χ3v) is 6.08. The maximum absolute atomic E-state index is 12.3. The molecular formula is C12H13Br2N3O2S. The van der Waals surface area contributed by atoms with Gasteiger partial charge < -0.3 is 4.90 Å². The maximum atomic E-state index is 12.3. The van der Waals surface area contributed by atoms with Crippen LogP contribution in [0, 0.1) is 17.4 Å². The Labute approximate surface area is 135 Å². The summed E-state index contributed by atoms with van der Waals surface area (Å²) in [5.74, 6) is 0.176. The first-order chi connectivity index (χ1) is 9.42. The van der Waals surface area contributed by atoms with Crippen LogP contribution in [0.5, 0.6) is 0 Å². The Bertz CT molecular complexity index is 643. The Morgan fingerprint density at radius 3 is 2.85 bits per heavy atom.